The van der Waals surface area contributed by atoms with Gasteiger partial charge in [-0.25, -0.2) is 4.79 Å². The third-order valence-corrected chi connectivity index (χ3v) is 3.52. The first-order valence-corrected chi connectivity index (χ1v) is 6.54. The van der Waals surface area contributed by atoms with E-state index in [2.05, 4.69) is 15.4 Å². The second-order valence-electron chi connectivity index (χ2n) is 3.92. The Bertz CT molecular complexity index is 392. The Balaban J connectivity index is 2.51. The second kappa shape index (κ2) is 7.13. The van der Waals surface area contributed by atoms with E-state index in [1.54, 1.807) is 11.3 Å². The molecule has 1 aromatic rings. The first kappa shape index (κ1) is 14.7. The molecule has 0 spiro atoms. The lowest BCUT2D eigenvalue weighted by molar-refractivity contribution is -0.144. The highest BCUT2D eigenvalue weighted by molar-refractivity contribution is 7.10. The molecule has 1 heterocycles. The van der Waals surface area contributed by atoms with Crippen molar-refractivity contribution in [2.75, 3.05) is 13.7 Å². The molecule has 18 heavy (non-hydrogen) atoms. The number of rotatable bonds is 6. The summed E-state index contributed by atoms with van der Waals surface area (Å²) in [6.45, 7) is 3.72. The van der Waals surface area contributed by atoms with Gasteiger partial charge in [0.15, 0.2) is 0 Å². The van der Waals surface area contributed by atoms with Crippen LogP contribution < -0.4 is 10.6 Å². The zero-order valence-electron chi connectivity index (χ0n) is 10.7. The lowest BCUT2D eigenvalue weighted by atomic mass is 10.2. The minimum atomic E-state index is -0.657. The van der Waals surface area contributed by atoms with Crippen LogP contribution in [0.5, 0.6) is 0 Å². The largest absolute Gasteiger partial charge is 0.467 e. The lowest BCUT2D eigenvalue weighted by Gasteiger charge is -2.19. The van der Waals surface area contributed by atoms with Crippen molar-refractivity contribution in [3.8, 4) is 0 Å². The highest BCUT2D eigenvalue weighted by Crippen LogP contribution is 2.17. The van der Waals surface area contributed by atoms with Gasteiger partial charge in [-0.1, -0.05) is 6.07 Å². The molecule has 1 aromatic heterocycles. The van der Waals surface area contributed by atoms with E-state index in [1.165, 1.54) is 18.9 Å². The van der Waals surface area contributed by atoms with E-state index in [4.69, 9.17) is 0 Å². The lowest BCUT2D eigenvalue weighted by Crippen LogP contribution is -2.47. The predicted octanol–water partition coefficient (Wildman–Crippen LogP) is 1.08. The van der Waals surface area contributed by atoms with E-state index in [0.717, 1.165) is 0 Å². The molecule has 2 N–H and O–H groups in total. The SMILES string of the molecule is COC(=O)C(CN[C@@H](C)c1cccs1)NC(C)=O. The van der Waals surface area contributed by atoms with Gasteiger partial charge in [-0.15, -0.1) is 11.3 Å². The quantitative estimate of drug-likeness (QED) is 0.759. The minimum Gasteiger partial charge on any atom is -0.467 e. The van der Waals surface area contributed by atoms with Gasteiger partial charge in [0, 0.05) is 24.4 Å². The van der Waals surface area contributed by atoms with E-state index in [0.29, 0.717) is 6.54 Å². The van der Waals surface area contributed by atoms with Gasteiger partial charge in [-0.2, -0.15) is 0 Å². The van der Waals surface area contributed by atoms with Crippen LogP contribution in [0, 0.1) is 0 Å². The minimum absolute atomic E-state index is 0.130. The summed E-state index contributed by atoms with van der Waals surface area (Å²) in [5, 5.41) is 7.76. The third kappa shape index (κ3) is 4.46. The zero-order chi connectivity index (χ0) is 13.5. The molecule has 0 radical (unpaired) electrons. The molecule has 0 aliphatic rings. The molecule has 0 fully saturated rings. The van der Waals surface area contributed by atoms with Gasteiger partial charge in [0.1, 0.15) is 6.04 Å². The topological polar surface area (TPSA) is 67.4 Å². The molecule has 0 bridgehead atoms. The highest BCUT2D eigenvalue weighted by atomic mass is 32.1. The Morgan fingerprint density at radius 2 is 2.22 bits per heavy atom. The number of hydrogen-bond donors (Lipinski definition) is 2. The van der Waals surface area contributed by atoms with Gasteiger partial charge in [0.05, 0.1) is 7.11 Å². The van der Waals surface area contributed by atoms with Gasteiger partial charge in [-0.3, -0.25) is 4.79 Å². The number of carbonyl (C=O) groups excluding carboxylic acids is 2. The van der Waals surface area contributed by atoms with Crippen molar-refractivity contribution in [3.63, 3.8) is 0 Å². The Morgan fingerprint density at radius 3 is 2.72 bits per heavy atom. The molecule has 1 rings (SSSR count). The zero-order valence-corrected chi connectivity index (χ0v) is 11.5. The fourth-order valence-corrected chi connectivity index (χ4v) is 2.27. The van der Waals surface area contributed by atoms with Crippen molar-refractivity contribution in [2.45, 2.75) is 25.9 Å². The summed E-state index contributed by atoms with van der Waals surface area (Å²) in [5.41, 5.74) is 0. The molecule has 0 saturated carbocycles. The molecule has 6 heteroatoms. The molecule has 1 amide bonds. The number of hydrogen-bond acceptors (Lipinski definition) is 5. The molecule has 0 saturated heterocycles. The smallest absolute Gasteiger partial charge is 0.329 e. The molecule has 2 atom stereocenters. The number of methoxy groups -OCH3 is 1. The molecule has 0 aromatic carbocycles. The van der Waals surface area contributed by atoms with Crippen LogP contribution in [0.3, 0.4) is 0 Å². The van der Waals surface area contributed by atoms with Crippen molar-refractivity contribution >= 4 is 23.2 Å². The van der Waals surface area contributed by atoms with Crippen molar-refractivity contribution in [1.82, 2.24) is 10.6 Å². The fourth-order valence-electron chi connectivity index (χ4n) is 1.51. The number of esters is 1. The molecule has 100 valence electrons. The molecule has 1 unspecified atom stereocenters. The van der Waals surface area contributed by atoms with Crippen molar-refractivity contribution in [2.24, 2.45) is 0 Å². The van der Waals surface area contributed by atoms with Crippen LogP contribution in [-0.4, -0.2) is 31.6 Å². The number of thiophene rings is 1. The van der Waals surface area contributed by atoms with Crippen LogP contribution in [0.1, 0.15) is 24.8 Å². The standard InChI is InChI=1S/C12H18N2O3S/c1-8(11-5-4-6-18-11)13-7-10(12(16)17-3)14-9(2)15/h4-6,8,10,13H,7H2,1-3H3,(H,14,15)/t8-,10?/m0/s1. The van der Waals surface area contributed by atoms with Gasteiger partial charge in [0.25, 0.3) is 0 Å². The molecule has 0 aliphatic carbocycles. The van der Waals surface area contributed by atoms with E-state index in [-0.39, 0.29) is 11.9 Å². The van der Waals surface area contributed by atoms with Gasteiger partial charge in [-0.05, 0) is 18.4 Å². The summed E-state index contributed by atoms with van der Waals surface area (Å²) in [6, 6.07) is 3.47. The van der Waals surface area contributed by atoms with Gasteiger partial charge >= 0.3 is 5.97 Å². The summed E-state index contributed by atoms with van der Waals surface area (Å²) in [6.07, 6.45) is 0. The highest BCUT2D eigenvalue weighted by Gasteiger charge is 2.20. The Morgan fingerprint density at radius 1 is 1.50 bits per heavy atom. The summed E-state index contributed by atoms with van der Waals surface area (Å²) in [7, 11) is 1.31. The van der Waals surface area contributed by atoms with Crippen LogP contribution >= 0.6 is 11.3 Å². The van der Waals surface area contributed by atoms with Crippen molar-refractivity contribution < 1.29 is 14.3 Å². The predicted molar refractivity (Wildman–Crippen MR) is 70.4 cm³/mol. The van der Waals surface area contributed by atoms with Crippen LogP contribution in [0.25, 0.3) is 0 Å². The fraction of sp³-hybridized carbons (Fsp3) is 0.500. The summed E-state index contributed by atoms with van der Waals surface area (Å²) in [4.78, 5) is 23.7. The number of nitrogens with one attached hydrogen (secondary N) is 2. The van der Waals surface area contributed by atoms with E-state index in [9.17, 15) is 9.59 Å². The maximum absolute atomic E-state index is 11.5. The third-order valence-electron chi connectivity index (χ3n) is 2.46. The van der Waals surface area contributed by atoms with Gasteiger partial charge in [0.2, 0.25) is 5.91 Å². The van der Waals surface area contributed by atoms with Crippen molar-refractivity contribution in [1.29, 1.82) is 0 Å². The Hall–Kier alpha value is -1.40. The molecular formula is C12H18N2O3S. The maximum atomic E-state index is 11.5. The maximum Gasteiger partial charge on any atom is 0.329 e. The average molecular weight is 270 g/mol. The summed E-state index contributed by atoms with van der Waals surface area (Å²) in [5.74, 6) is -0.702. The molecule has 5 nitrogen and oxygen atoms in total. The molecule has 0 aliphatic heterocycles. The number of amides is 1. The van der Waals surface area contributed by atoms with Crippen LogP contribution in [0.15, 0.2) is 17.5 Å². The normalized spacial score (nSPS) is 13.7. The molecular weight excluding hydrogens is 252 g/mol. The summed E-state index contributed by atoms with van der Waals surface area (Å²) >= 11 is 1.64. The Kier molecular flexibility index (Phi) is 5.80. The summed E-state index contributed by atoms with van der Waals surface area (Å²) < 4.78 is 4.65. The van der Waals surface area contributed by atoms with Gasteiger partial charge < -0.3 is 15.4 Å². The Labute approximate surface area is 111 Å². The number of carbonyl (C=O) groups is 2. The van der Waals surface area contributed by atoms with Crippen molar-refractivity contribution in [3.05, 3.63) is 22.4 Å². The number of ether oxygens (including phenoxy) is 1. The first-order valence-electron chi connectivity index (χ1n) is 5.66. The first-order chi connectivity index (χ1) is 8.54. The average Bonchev–Trinajstić information content (AvgIpc) is 2.86. The second-order valence-corrected chi connectivity index (χ2v) is 4.90. The monoisotopic (exact) mass is 270 g/mol. The van der Waals surface area contributed by atoms with Crippen LogP contribution in [-0.2, 0) is 14.3 Å². The van der Waals surface area contributed by atoms with E-state index < -0.39 is 12.0 Å². The van der Waals surface area contributed by atoms with Crippen LogP contribution in [0.2, 0.25) is 0 Å². The van der Waals surface area contributed by atoms with E-state index in [1.807, 2.05) is 24.4 Å². The van der Waals surface area contributed by atoms with E-state index >= 15 is 0 Å². The van der Waals surface area contributed by atoms with Crippen LogP contribution in [0.4, 0.5) is 0 Å².